The van der Waals surface area contributed by atoms with E-state index in [4.69, 9.17) is 4.74 Å². The van der Waals surface area contributed by atoms with Gasteiger partial charge in [0.15, 0.2) is 0 Å². The number of aliphatic hydroxyl groups is 1. The van der Waals surface area contributed by atoms with Crippen LogP contribution in [-0.4, -0.2) is 36.9 Å². The molecule has 0 saturated heterocycles. The quantitative estimate of drug-likeness (QED) is 0.542. The van der Waals surface area contributed by atoms with Gasteiger partial charge in [-0.25, -0.2) is 0 Å². The van der Waals surface area contributed by atoms with Crippen LogP contribution in [-0.2, 0) is 16.0 Å². The first-order chi connectivity index (χ1) is 8.22. The van der Waals surface area contributed by atoms with Gasteiger partial charge in [0.05, 0.1) is 19.1 Å². The molecule has 1 atom stereocenters. The summed E-state index contributed by atoms with van der Waals surface area (Å²) in [4.78, 5) is 11.1. The minimum absolute atomic E-state index is 0.0549. The van der Waals surface area contributed by atoms with Crippen LogP contribution in [0.15, 0.2) is 16.8 Å². The van der Waals surface area contributed by atoms with Crippen LogP contribution in [0.4, 0.5) is 0 Å². The van der Waals surface area contributed by atoms with Gasteiger partial charge in [-0.3, -0.25) is 4.79 Å². The molecule has 5 heteroatoms. The molecular weight excluding hydrogens is 238 g/mol. The smallest absolute Gasteiger partial charge is 0.308 e. The van der Waals surface area contributed by atoms with Crippen molar-refractivity contribution in [3.63, 3.8) is 0 Å². The standard InChI is InChI=1S/C12H19NO3S/c1-2-16-12(15)7-11(14)8-13-5-3-10-4-6-17-9-10/h4,6,9,11,13-14H,2-3,5,7-8H2,1H3. The van der Waals surface area contributed by atoms with Gasteiger partial charge in [0.2, 0.25) is 0 Å². The average Bonchev–Trinajstić information content (AvgIpc) is 2.77. The van der Waals surface area contributed by atoms with E-state index in [0.29, 0.717) is 13.2 Å². The highest BCUT2D eigenvalue weighted by Crippen LogP contribution is 2.05. The predicted octanol–water partition coefficient (Wildman–Crippen LogP) is 1.19. The van der Waals surface area contributed by atoms with E-state index in [1.165, 1.54) is 5.56 Å². The maximum Gasteiger partial charge on any atom is 0.308 e. The Balaban J connectivity index is 2.04. The van der Waals surface area contributed by atoms with Crippen molar-refractivity contribution < 1.29 is 14.6 Å². The summed E-state index contributed by atoms with van der Waals surface area (Å²) in [6.45, 7) is 3.33. The summed E-state index contributed by atoms with van der Waals surface area (Å²) < 4.78 is 4.75. The van der Waals surface area contributed by atoms with Gasteiger partial charge >= 0.3 is 5.97 Å². The molecule has 0 aromatic carbocycles. The van der Waals surface area contributed by atoms with Crippen LogP contribution in [0.1, 0.15) is 18.9 Å². The molecule has 4 nitrogen and oxygen atoms in total. The summed E-state index contributed by atoms with van der Waals surface area (Å²) in [5.74, 6) is -0.348. The lowest BCUT2D eigenvalue weighted by atomic mass is 10.2. The molecule has 0 amide bonds. The summed E-state index contributed by atoms with van der Waals surface area (Å²) in [6.07, 6.45) is 0.325. The lowest BCUT2D eigenvalue weighted by molar-refractivity contribution is -0.145. The number of carbonyl (C=O) groups excluding carboxylic acids is 1. The van der Waals surface area contributed by atoms with Crippen molar-refractivity contribution in [2.75, 3.05) is 19.7 Å². The van der Waals surface area contributed by atoms with E-state index in [1.54, 1.807) is 18.3 Å². The third-order valence-corrected chi connectivity index (χ3v) is 2.99. The van der Waals surface area contributed by atoms with Gasteiger partial charge in [-0.1, -0.05) is 0 Å². The molecule has 1 aromatic heterocycles. The number of hydrogen-bond donors (Lipinski definition) is 2. The van der Waals surface area contributed by atoms with Crippen molar-refractivity contribution in [3.8, 4) is 0 Å². The molecule has 0 aliphatic carbocycles. The number of thiophene rings is 1. The second-order valence-corrected chi connectivity index (χ2v) is 4.53. The number of aliphatic hydroxyl groups excluding tert-OH is 1. The minimum atomic E-state index is -0.670. The highest BCUT2D eigenvalue weighted by atomic mass is 32.1. The zero-order valence-corrected chi connectivity index (χ0v) is 10.8. The Morgan fingerprint density at radius 1 is 1.65 bits per heavy atom. The molecule has 0 bridgehead atoms. The number of carbonyl (C=O) groups is 1. The summed E-state index contributed by atoms with van der Waals surface area (Å²) in [6, 6.07) is 2.08. The van der Waals surface area contributed by atoms with E-state index < -0.39 is 6.10 Å². The number of hydrogen-bond acceptors (Lipinski definition) is 5. The molecule has 96 valence electrons. The van der Waals surface area contributed by atoms with Crippen LogP contribution in [0.25, 0.3) is 0 Å². The van der Waals surface area contributed by atoms with Gasteiger partial charge in [-0.2, -0.15) is 11.3 Å². The first kappa shape index (κ1) is 14.2. The van der Waals surface area contributed by atoms with Crippen LogP contribution in [0, 0.1) is 0 Å². The van der Waals surface area contributed by atoms with Crippen LogP contribution in [0.5, 0.6) is 0 Å². The van der Waals surface area contributed by atoms with Crippen molar-refractivity contribution in [3.05, 3.63) is 22.4 Å². The lowest BCUT2D eigenvalue weighted by Gasteiger charge is -2.10. The topological polar surface area (TPSA) is 58.6 Å². The van der Waals surface area contributed by atoms with Crippen molar-refractivity contribution in [1.82, 2.24) is 5.32 Å². The highest BCUT2D eigenvalue weighted by Gasteiger charge is 2.10. The predicted molar refractivity (Wildman–Crippen MR) is 68.1 cm³/mol. The average molecular weight is 257 g/mol. The van der Waals surface area contributed by atoms with E-state index in [-0.39, 0.29) is 12.4 Å². The summed E-state index contributed by atoms with van der Waals surface area (Å²) in [5.41, 5.74) is 1.29. The first-order valence-electron chi connectivity index (χ1n) is 5.78. The normalized spacial score (nSPS) is 12.4. The maximum atomic E-state index is 11.1. The molecule has 1 aromatic rings. The Morgan fingerprint density at radius 3 is 3.12 bits per heavy atom. The minimum Gasteiger partial charge on any atom is -0.466 e. The van der Waals surface area contributed by atoms with E-state index in [1.807, 2.05) is 5.38 Å². The Morgan fingerprint density at radius 2 is 2.47 bits per heavy atom. The molecule has 0 radical (unpaired) electrons. The van der Waals surface area contributed by atoms with Crippen molar-refractivity contribution in [1.29, 1.82) is 0 Å². The first-order valence-corrected chi connectivity index (χ1v) is 6.72. The number of nitrogens with one attached hydrogen (secondary N) is 1. The van der Waals surface area contributed by atoms with Crippen LogP contribution >= 0.6 is 11.3 Å². The Labute approximate surface area is 106 Å². The summed E-state index contributed by atoms with van der Waals surface area (Å²) >= 11 is 1.68. The van der Waals surface area contributed by atoms with Crippen LogP contribution in [0.3, 0.4) is 0 Å². The SMILES string of the molecule is CCOC(=O)CC(O)CNCCc1ccsc1. The Hall–Kier alpha value is -0.910. The molecule has 1 unspecified atom stereocenters. The molecule has 0 aliphatic heterocycles. The monoisotopic (exact) mass is 257 g/mol. The van der Waals surface area contributed by atoms with Crippen molar-refractivity contribution in [2.24, 2.45) is 0 Å². The number of ether oxygens (including phenoxy) is 1. The van der Waals surface area contributed by atoms with E-state index in [2.05, 4.69) is 16.8 Å². The van der Waals surface area contributed by atoms with Gasteiger partial charge in [0.25, 0.3) is 0 Å². The van der Waals surface area contributed by atoms with E-state index in [0.717, 1.165) is 13.0 Å². The molecule has 1 heterocycles. The molecule has 1 rings (SSSR count). The fourth-order valence-corrected chi connectivity index (χ4v) is 2.12. The molecule has 2 N–H and O–H groups in total. The Bertz CT molecular complexity index is 314. The Kier molecular flexibility index (Phi) is 6.84. The summed E-state index contributed by atoms with van der Waals surface area (Å²) in [7, 11) is 0. The molecule has 17 heavy (non-hydrogen) atoms. The molecule has 0 spiro atoms. The fourth-order valence-electron chi connectivity index (χ4n) is 1.42. The molecular formula is C12H19NO3S. The van der Waals surface area contributed by atoms with Gasteiger partial charge in [0, 0.05) is 6.54 Å². The van der Waals surface area contributed by atoms with E-state index >= 15 is 0 Å². The number of esters is 1. The molecule has 0 aliphatic rings. The number of rotatable bonds is 8. The second-order valence-electron chi connectivity index (χ2n) is 3.75. The molecule has 0 saturated carbocycles. The van der Waals surface area contributed by atoms with Crippen molar-refractivity contribution >= 4 is 17.3 Å². The zero-order chi connectivity index (χ0) is 12.5. The van der Waals surface area contributed by atoms with Gasteiger partial charge in [-0.05, 0) is 42.3 Å². The third-order valence-electron chi connectivity index (χ3n) is 2.26. The molecule has 0 fully saturated rings. The zero-order valence-electron chi connectivity index (χ0n) is 10.0. The largest absolute Gasteiger partial charge is 0.466 e. The van der Waals surface area contributed by atoms with Gasteiger partial charge in [0.1, 0.15) is 0 Å². The third kappa shape index (κ3) is 6.41. The highest BCUT2D eigenvalue weighted by molar-refractivity contribution is 7.07. The lowest BCUT2D eigenvalue weighted by Crippen LogP contribution is -2.30. The second kappa shape index (κ2) is 8.22. The van der Waals surface area contributed by atoms with Crippen molar-refractivity contribution in [2.45, 2.75) is 25.9 Å². The van der Waals surface area contributed by atoms with Gasteiger partial charge in [-0.15, -0.1) is 0 Å². The fraction of sp³-hybridized carbons (Fsp3) is 0.583. The maximum absolute atomic E-state index is 11.1. The van der Waals surface area contributed by atoms with Gasteiger partial charge < -0.3 is 15.2 Å². The van der Waals surface area contributed by atoms with Crippen LogP contribution in [0.2, 0.25) is 0 Å². The van der Waals surface area contributed by atoms with Crippen LogP contribution < -0.4 is 5.32 Å². The van der Waals surface area contributed by atoms with E-state index in [9.17, 15) is 9.90 Å². The summed E-state index contributed by atoms with van der Waals surface area (Å²) in [5, 5.41) is 16.8.